The molecule has 10 heteroatoms. The maximum absolute atomic E-state index is 13.4. The Kier molecular flexibility index (Phi) is 8.19. The van der Waals surface area contributed by atoms with Crippen LogP contribution < -0.4 is 9.62 Å². The van der Waals surface area contributed by atoms with E-state index in [0.717, 1.165) is 70.4 Å². The quantitative estimate of drug-likeness (QED) is 0.637. The molecule has 4 rings (SSSR count). The number of carbonyl (C=O) groups excluding carboxylic acids is 1. The van der Waals surface area contributed by atoms with Gasteiger partial charge >= 0.3 is 0 Å². The molecular formula is C23H37N5O4S. The lowest BCUT2D eigenvalue weighted by Crippen LogP contribution is -2.60. The average Bonchev–Trinajstić information content (AvgIpc) is 2.83. The smallest absolute Gasteiger partial charge is 0.226 e. The van der Waals surface area contributed by atoms with E-state index in [1.807, 2.05) is 11.0 Å². The van der Waals surface area contributed by atoms with Crippen molar-refractivity contribution in [2.75, 3.05) is 37.4 Å². The second-order valence-corrected chi connectivity index (χ2v) is 11.4. The van der Waals surface area contributed by atoms with Crippen LogP contribution in [0.25, 0.3) is 0 Å². The highest BCUT2D eigenvalue weighted by molar-refractivity contribution is 7.88. The highest BCUT2D eigenvalue weighted by Crippen LogP contribution is 2.29. The zero-order valence-electron chi connectivity index (χ0n) is 19.6. The molecule has 9 nitrogen and oxygen atoms in total. The molecule has 1 N–H and O–H groups in total. The van der Waals surface area contributed by atoms with Crippen molar-refractivity contribution < 1.29 is 17.9 Å². The molecule has 3 heterocycles. The average molecular weight is 480 g/mol. The standard InChI is InChI=1S/C23H37N5O4S/c1-33(30,31)26-20-9-5-14-28(22(29)18-7-3-2-4-8-18)21(20)17-32-19-10-15-27(16-11-19)23-24-12-6-13-25-23/h6,12-13,18-21,26H,2-5,7-11,14-17H2,1H3. The van der Waals surface area contributed by atoms with Crippen LogP contribution in [0.15, 0.2) is 18.5 Å². The van der Waals surface area contributed by atoms with Crippen molar-refractivity contribution in [2.24, 2.45) is 5.92 Å². The van der Waals surface area contributed by atoms with E-state index in [2.05, 4.69) is 19.6 Å². The number of piperidine rings is 2. The number of carbonyl (C=O) groups is 1. The third kappa shape index (κ3) is 6.64. The summed E-state index contributed by atoms with van der Waals surface area (Å²) in [5, 5.41) is 0. The summed E-state index contributed by atoms with van der Waals surface area (Å²) < 4.78 is 33.2. The second-order valence-electron chi connectivity index (χ2n) is 9.64. The molecule has 3 aliphatic rings. The van der Waals surface area contributed by atoms with E-state index < -0.39 is 10.0 Å². The summed E-state index contributed by atoms with van der Waals surface area (Å²) in [5.74, 6) is 0.983. The van der Waals surface area contributed by atoms with Crippen LogP contribution in [0.1, 0.15) is 57.8 Å². The van der Waals surface area contributed by atoms with E-state index in [0.29, 0.717) is 13.2 Å². The molecule has 33 heavy (non-hydrogen) atoms. The molecular weight excluding hydrogens is 442 g/mol. The first-order valence-electron chi connectivity index (χ1n) is 12.3. The molecule has 0 aromatic carbocycles. The van der Waals surface area contributed by atoms with Gasteiger partial charge in [-0.3, -0.25) is 4.79 Å². The number of aromatic nitrogens is 2. The van der Waals surface area contributed by atoms with Gasteiger partial charge in [0.1, 0.15) is 0 Å². The normalized spacial score (nSPS) is 25.8. The van der Waals surface area contributed by atoms with Gasteiger partial charge in [-0.05, 0) is 44.6 Å². The number of likely N-dealkylation sites (tertiary alicyclic amines) is 1. The fraction of sp³-hybridized carbons (Fsp3) is 0.783. The van der Waals surface area contributed by atoms with Crippen LogP contribution in [-0.2, 0) is 19.6 Å². The first-order chi connectivity index (χ1) is 15.9. The highest BCUT2D eigenvalue weighted by Gasteiger charge is 2.39. The van der Waals surface area contributed by atoms with Gasteiger partial charge in [0.15, 0.2) is 0 Å². The zero-order valence-corrected chi connectivity index (χ0v) is 20.4. The first kappa shape index (κ1) is 24.3. The van der Waals surface area contributed by atoms with Crippen LogP contribution in [0, 0.1) is 5.92 Å². The fourth-order valence-corrected chi connectivity index (χ4v) is 6.27. The van der Waals surface area contributed by atoms with Crippen molar-refractivity contribution in [3.8, 4) is 0 Å². The second kappa shape index (κ2) is 11.1. The van der Waals surface area contributed by atoms with Crippen molar-refractivity contribution in [3.05, 3.63) is 18.5 Å². The third-order valence-electron chi connectivity index (χ3n) is 7.16. The van der Waals surface area contributed by atoms with Gasteiger partial charge in [-0.15, -0.1) is 0 Å². The minimum absolute atomic E-state index is 0.0624. The maximum Gasteiger partial charge on any atom is 0.226 e. The molecule has 1 aromatic rings. The van der Waals surface area contributed by atoms with Gasteiger partial charge in [-0.25, -0.2) is 23.1 Å². The Balaban J connectivity index is 1.39. The minimum Gasteiger partial charge on any atom is -0.376 e. The lowest BCUT2D eigenvalue weighted by Gasteiger charge is -2.43. The largest absolute Gasteiger partial charge is 0.376 e. The molecule has 184 valence electrons. The van der Waals surface area contributed by atoms with Crippen LogP contribution in [0.2, 0.25) is 0 Å². The van der Waals surface area contributed by atoms with Crippen molar-refractivity contribution in [1.82, 2.24) is 19.6 Å². The van der Waals surface area contributed by atoms with Crippen molar-refractivity contribution in [1.29, 1.82) is 0 Å². The number of anilines is 1. The van der Waals surface area contributed by atoms with Gasteiger partial charge in [-0.1, -0.05) is 19.3 Å². The highest BCUT2D eigenvalue weighted by atomic mass is 32.2. The van der Waals surface area contributed by atoms with Crippen LogP contribution in [0.3, 0.4) is 0 Å². The molecule has 0 radical (unpaired) electrons. The molecule has 2 atom stereocenters. The predicted octanol–water partition coefficient (Wildman–Crippen LogP) is 1.95. The van der Waals surface area contributed by atoms with Gasteiger partial charge in [0, 0.05) is 44.0 Å². The molecule has 0 spiro atoms. The topological polar surface area (TPSA) is 105 Å². The summed E-state index contributed by atoms with van der Waals surface area (Å²) in [6, 6.07) is 1.24. The lowest BCUT2D eigenvalue weighted by molar-refractivity contribution is -0.143. The predicted molar refractivity (Wildman–Crippen MR) is 126 cm³/mol. The third-order valence-corrected chi connectivity index (χ3v) is 7.89. The van der Waals surface area contributed by atoms with E-state index in [1.165, 1.54) is 12.7 Å². The van der Waals surface area contributed by atoms with Crippen LogP contribution in [-0.4, -0.2) is 79.9 Å². The van der Waals surface area contributed by atoms with Gasteiger partial charge in [0.05, 0.1) is 25.0 Å². The molecule has 2 saturated heterocycles. The van der Waals surface area contributed by atoms with Gasteiger partial charge in [0.2, 0.25) is 21.9 Å². The Morgan fingerprint density at radius 1 is 1.03 bits per heavy atom. The summed E-state index contributed by atoms with van der Waals surface area (Å²) in [4.78, 5) is 26.1. The summed E-state index contributed by atoms with van der Waals surface area (Å²) in [5.41, 5.74) is 0. The van der Waals surface area contributed by atoms with E-state index in [4.69, 9.17) is 4.74 Å². The Labute approximate surface area is 197 Å². The monoisotopic (exact) mass is 479 g/mol. The maximum atomic E-state index is 13.4. The molecule has 3 fully saturated rings. The lowest BCUT2D eigenvalue weighted by atomic mass is 9.86. The van der Waals surface area contributed by atoms with Gasteiger partial charge < -0.3 is 14.5 Å². The number of ether oxygens (including phenoxy) is 1. The molecule has 1 aliphatic carbocycles. The molecule has 1 aromatic heterocycles. The first-order valence-corrected chi connectivity index (χ1v) is 14.2. The minimum atomic E-state index is -3.38. The van der Waals surface area contributed by atoms with E-state index in [-0.39, 0.29) is 30.0 Å². The van der Waals surface area contributed by atoms with E-state index in [9.17, 15) is 13.2 Å². The number of rotatable bonds is 7. The van der Waals surface area contributed by atoms with Crippen LogP contribution >= 0.6 is 0 Å². The van der Waals surface area contributed by atoms with Crippen molar-refractivity contribution in [2.45, 2.75) is 76.0 Å². The fourth-order valence-electron chi connectivity index (χ4n) is 5.44. The summed E-state index contributed by atoms with van der Waals surface area (Å²) in [6.07, 6.45) is 13.3. The Bertz CT molecular complexity index is 870. The summed E-state index contributed by atoms with van der Waals surface area (Å²) >= 11 is 0. The zero-order chi connectivity index (χ0) is 23.3. The summed E-state index contributed by atoms with van der Waals surface area (Å²) in [6.45, 7) is 2.66. The molecule has 1 saturated carbocycles. The van der Waals surface area contributed by atoms with Crippen molar-refractivity contribution >= 4 is 21.9 Å². The number of hydrogen-bond acceptors (Lipinski definition) is 7. The van der Waals surface area contributed by atoms with Gasteiger partial charge in [0.25, 0.3) is 0 Å². The molecule has 2 unspecified atom stereocenters. The van der Waals surface area contributed by atoms with Crippen LogP contribution in [0.5, 0.6) is 0 Å². The Morgan fingerprint density at radius 2 is 1.73 bits per heavy atom. The number of amides is 1. The Morgan fingerprint density at radius 3 is 2.39 bits per heavy atom. The van der Waals surface area contributed by atoms with Crippen LogP contribution in [0.4, 0.5) is 5.95 Å². The number of nitrogens with zero attached hydrogens (tertiary/aromatic N) is 4. The molecule has 0 bridgehead atoms. The molecule has 1 amide bonds. The SMILES string of the molecule is CS(=O)(=O)NC1CCCN(C(=O)C2CCCCC2)C1COC1CCN(c2ncccn2)CC1. The van der Waals surface area contributed by atoms with Crippen molar-refractivity contribution in [3.63, 3.8) is 0 Å². The van der Waals surface area contributed by atoms with E-state index in [1.54, 1.807) is 12.4 Å². The van der Waals surface area contributed by atoms with Gasteiger partial charge in [-0.2, -0.15) is 0 Å². The van der Waals surface area contributed by atoms with E-state index >= 15 is 0 Å². The summed E-state index contributed by atoms with van der Waals surface area (Å²) in [7, 11) is -3.38. The number of nitrogens with one attached hydrogen (secondary N) is 1. The Hall–Kier alpha value is -1.78. The number of sulfonamides is 1. The molecule has 2 aliphatic heterocycles. The number of hydrogen-bond donors (Lipinski definition) is 1.